The number of hydrogen-bond acceptors (Lipinski definition) is 4. The Bertz CT molecular complexity index is 1110. The van der Waals surface area contributed by atoms with Crippen LogP contribution in [0.1, 0.15) is 45.1 Å². The van der Waals surface area contributed by atoms with Gasteiger partial charge in [-0.3, -0.25) is 13.9 Å². The third-order valence-corrected chi connectivity index (χ3v) is 7.54. The van der Waals surface area contributed by atoms with Crippen molar-refractivity contribution in [3.05, 3.63) is 64.1 Å². The van der Waals surface area contributed by atoms with E-state index in [1.165, 1.54) is 12.1 Å². The van der Waals surface area contributed by atoms with Gasteiger partial charge in [0.05, 0.1) is 17.0 Å². The van der Waals surface area contributed by atoms with Gasteiger partial charge in [0, 0.05) is 31.1 Å². The zero-order chi connectivity index (χ0) is 26.7. The number of sulfonamides is 1. The van der Waals surface area contributed by atoms with Crippen molar-refractivity contribution >= 4 is 50.7 Å². The normalized spacial score (nSPS) is 12.1. The second-order valence-corrected chi connectivity index (χ2v) is 11.4. The third kappa shape index (κ3) is 9.30. The summed E-state index contributed by atoms with van der Waals surface area (Å²) in [6, 6.07) is 13.7. The topological polar surface area (TPSA) is 86.8 Å². The van der Waals surface area contributed by atoms with E-state index in [4.69, 9.17) is 23.2 Å². The Kier molecular flexibility index (Phi) is 12.0. The van der Waals surface area contributed by atoms with Crippen molar-refractivity contribution in [2.75, 3.05) is 30.2 Å². The molecule has 198 valence electrons. The van der Waals surface area contributed by atoms with E-state index in [0.29, 0.717) is 24.5 Å². The predicted molar refractivity (Wildman–Crippen MR) is 147 cm³/mol. The van der Waals surface area contributed by atoms with Gasteiger partial charge in [-0.2, -0.15) is 0 Å². The molecule has 0 aliphatic rings. The molecule has 0 saturated heterocycles. The molecule has 0 aromatic heterocycles. The van der Waals surface area contributed by atoms with Crippen LogP contribution in [0.3, 0.4) is 0 Å². The molecule has 0 aliphatic heterocycles. The van der Waals surface area contributed by atoms with Gasteiger partial charge < -0.3 is 10.2 Å². The number of benzene rings is 2. The quantitative estimate of drug-likeness (QED) is 0.335. The lowest BCUT2D eigenvalue weighted by molar-refractivity contribution is -0.139. The average molecular weight is 557 g/mol. The number of nitrogens with zero attached hydrogens (tertiary/aromatic N) is 2. The van der Waals surface area contributed by atoms with Gasteiger partial charge in [-0.1, -0.05) is 66.9 Å². The molecule has 0 spiro atoms. The maximum absolute atomic E-state index is 13.3. The highest BCUT2D eigenvalue weighted by molar-refractivity contribution is 7.92. The standard InChI is InChI=1S/C26H35Cl2N3O4S/c1-4-5-16-29-26(33)20(2)30(18-15-21-10-7-6-8-11-21)25(32)12-9-17-31(36(3,34)35)24-19-22(27)13-14-23(24)28/h6-8,10-11,13-14,19-20H,4-5,9,12,15-18H2,1-3H3,(H,29,33). The number of rotatable bonds is 14. The summed E-state index contributed by atoms with van der Waals surface area (Å²) in [4.78, 5) is 27.6. The summed E-state index contributed by atoms with van der Waals surface area (Å²) in [5.41, 5.74) is 1.33. The van der Waals surface area contributed by atoms with Gasteiger partial charge in [-0.05, 0) is 49.9 Å². The largest absolute Gasteiger partial charge is 0.354 e. The minimum absolute atomic E-state index is 0.0498. The highest BCUT2D eigenvalue weighted by atomic mass is 35.5. The molecule has 0 heterocycles. The van der Waals surface area contributed by atoms with Crippen molar-refractivity contribution < 1.29 is 18.0 Å². The molecule has 7 nitrogen and oxygen atoms in total. The van der Waals surface area contributed by atoms with Gasteiger partial charge in [0.15, 0.2) is 0 Å². The van der Waals surface area contributed by atoms with Crippen molar-refractivity contribution in [2.24, 2.45) is 0 Å². The number of anilines is 1. The van der Waals surface area contributed by atoms with Crippen LogP contribution >= 0.6 is 23.2 Å². The summed E-state index contributed by atoms with van der Waals surface area (Å²) in [5, 5.41) is 3.50. The lowest BCUT2D eigenvalue weighted by Crippen LogP contribution is -2.49. The molecule has 0 saturated carbocycles. The Labute approximate surface area is 224 Å². The molecule has 0 aliphatic carbocycles. The van der Waals surface area contributed by atoms with Crippen LogP contribution in [0.5, 0.6) is 0 Å². The van der Waals surface area contributed by atoms with Crippen LogP contribution in [0.4, 0.5) is 5.69 Å². The van der Waals surface area contributed by atoms with E-state index in [-0.39, 0.29) is 41.9 Å². The predicted octanol–water partition coefficient (Wildman–Crippen LogP) is 4.92. The fourth-order valence-corrected chi connectivity index (χ4v) is 5.17. The van der Waals surface area contributed by atoms with E-state index in [9.17, 15) is 18.0 Å². The van der Waals surface area contributed by atoms with Gasteiger partial charge >= 0.3 is 0 Å². The van der Waals surface area contributed by atoms with Crippen molar-refractivity contribution in [1.29, 1.82) is 0 Å². The summed E-state index contributed by atoms with van der Waals surface area (Å²) in [5.74, 6) is -0.414. The molecule has 0 bridgehead atoms. The zero-order valence-corrected chi connectivity index (χ0v) is 23.4. The number of hydrogen-bond donors (Lipinski definition) is 1. The molecule has 2 aromatic carbocycles. The molecule has 0 radical (unpaired) electrons. The van der Waals surface area contributed by atoms with Crippen LogP contribution in [0.25, 0.3) is 0 Å². The Morgan fingerprint density at radius 3 is 2.36 bits per heavy atom. The summed E-state index contributed by atoms with van der Waals surface area (Å²) in [6.45, 7) is 4.75. The van der Waals surface area contributed by atoms with Crippen LogP contribution in [0, 0.1) is 0 Å². The van der Waals surface area contributed by atoms with Crippen LogP contribution in [0.15, 0.2) is 48.5 Å². The van der Waals surface area contributed by atoms with Gasteiger partial charge in [0.25, 0.3) is 0 Å². The Morgan fingerprint density at radius 1 is 1.03 bits per heavy atom. The first kappa shape index (κ1) is 29.9. The minimum Gasteiger partial charge on any atom is -0.354 e. The van der Waals surface area contributed by atoms with Gasteiger partial charge in [-0.25, -0.2) is 8.42 Å². The number of halogens is 2. The minimum atomic E-state index is -3.66. The van der Waals surface area contributed by atoms with Crippen LogP contribution in [-0.2, 0) is 26.0 Å². The van der Waals surface area contributed by atoms with Gasteiger partial charge in [0.2, 0.25) is 21.8 Å². The van der Waals surface area contributed by atoms with E-state index in [1.807, 2.05) is 37.3 Å². The lowest BCUT2D eigenvalue weighted by atomic mass is 10.1. The Balaban J connectivity index is 2.12. The number of amides is 2. The molecule has 0 fully saturated rings. The number of carbonyl (C=O) groups excluding carboxylic acids is 2. The van der Waals surface area contributed by atoms with Crippen molar-refractivity contribution in [2.45, 2.75) is 52.0 Å². The lowest BCUT2D eigenvalue weighted by Gasteiger charge is -2.29. The first-order chi connectivity index (χ1) is 17.0. The molecular formula is C26H35Cl2N3O4S. The molecular weight excluding hydrogens is 521 g/mol. The molecule has 1 atom stereocenters. The maximum atomic E-state index is 13.3. The van der Waals surface area contributed by atoms with Crippen molar-refractivity contribution in [1.82, 2.24) is 10.2 Å². The molecule has 1 unspecified atom stereocenters. The first-order valence-electron chi connectivity index (χ1n) is 12.1. The Hall–Kier alpha value is -2.29. The molecule has 2 amide bonds. The monoisotopic (exact) mass is 555 g/mol. The highest BCUT2D eigenvalue weighted by Crippen LogP contribution is 2.31. The van der Waals surface area contributed by atoms with Crippen LogP contribution < -0.4 is 9.62 Å². The number of nitrogens with one attached hydrogen (secondary N) is 1. The summed E-state index contributed by atoms with van der Waals surface area (Å²) < 4.78 is 26.1. The van der Waals surface area contributed by atoms with Crippen LogP contribution in [-0.4, -0.2) is 57.1 Å². The average Bonchev–Trinajstić information content (AvgIpc) is 2.83. The fraction of sp³-hybridized carbons (Fsp3) is 0.462. The van der Waals surface area contributed by atoms with Crippen LogP contribution in [0.2, 0.25) is 10.0 Å². The number of carbonyl (C=O) groups is 2. The van der Waals surface area contributed by atoms with Gasteiger partial charge in [-0.15, -0.1) is 0 Å². The zero-order valence-electron chi connectivity index (χ0n) is 21.0. The molecule has 1 N–H and O–H groups in total. The molecule has 2 aromatic rings. The Morgan fingerprint density at radius 2 is 1.72 bits per heavy atom. The second kappa shape index (κ2) is 14.4. The van der Waals surface area contributed by atoms with E-state index < -0.39 is 16.1 Å². The fourth-order valence-electron chi connectivity index (χ4n) is 3.77. The first-order valence-corrected chi connectivity index (χ1v) is 14.7. The van der Waals surface area contributed by atoms with Gasteiger partial charge in [0.1, 0.15) is 6.04 Å². The van der Waals surface area contributed by atoms with E-state index in [1.54, 1.807) is 17.9 Å². The smallest absolute Gasteiger partial charge is 0.242 e. The third-order valence-electron chi connectivity index (χ3n) is 5.81. The summed E-state index contributed by atoms with van der Waals surface area (Å²) in [6.07, 6.45) is 3.84. The highest BCUT2D eigenvalue weighted by Gasteiger charge is 2.26. The molecule has 2 rings (SSSR count). The van der Waals surface area contributed by atoms with E-state index in [2.05, 4.69) is 5.32 Å². The van der Waals surface area contributed by atoms with E-state index >= 15 is 0 Å². The second-order valence-electron chi connectivity index (χ2n) is 8.68. The molecule has 36 heavy (non-hydrogen) atoms. The SMILES string of the molecule is CCCCNC(=O)C(C)N(CCc1ccccc1)C(=O)CCCN(c1cc(Cl)ccc1Cl)S(C)(=O)=O. The van der Waals surface area contributed by atoms with E-state index in [0.717, 1.165) is 29.0 Å². The number of unbranched alkanes of at least 4 members (excludes halogenated alkanes) is 1. The molecule has 10 heteroatoms. The summed E-state index contributed by atoms with van der Waals surface area (Å²) >= 11 is 12.3. The summed E-state index contributed by atoms with van der Waals surface area (Å²) in [7, 11) is -3.66. The van der Waals surface area contributed by atoms with Crippen molar-refractivity contribution in [3.63, 3.8) is 0 Å². The maximum Gasteiger partial charge on any atom is 0.242 e. The van der Waals surface area contributed by atoms with Crippen molar-refractivity contribution in [3.8, 4) is 0 Å².